The molecule has 0 rings (SSSR count). The standard InChI is InChI=1S/C7H12FNOS/c1-7(11)5-10-6-9-4-2-3-8/h2-3,9H,4-6H2,1H3/b3-2-. The van der Waals surface area contributed by atoms with Crippen LogP contribution in [0.2, 0.25) is 0 Å². The predicted molar refractivity (Wildman–Crippen MR) is 47.3 cm³/mol. The van der Waals surface area contributed by atoms with Gasteiger partial charge in [-0.05, 0) is 13.0 Å². The first-order valence-corrected chi connectivity index (χ1v) is 3.71. The van der Waals surface area contributed by atoms with Gasteiger partial charge < -0.3 is 4.74 Å². The highest BCUT2D eigenvalue weighted by Gasteiger charge is 1.86. The summed E-state index contributed by atoms with van der Waals surface area (Å²) in [6.45, 7) is 3.17. The largest absolute Gasteiger partial charge is 0.361 e. The average molecular weight is 177 g/mol. The summed E-state index contributed by atoms with van der Waals surface area (Å²) in [4.78, 5) is 0.813. The molecule has 2 nitrogen and oxygen atoms in total. The van der Waals surface area contributed by atoms with Gasteiger partial charge in [-0.15, -0.1) is 0 Å². The summed E-state index contributed by atoms with van der Waals surface area (Å²) >= 11 is 4.77. The minimum absolute atomic E-state index is 0.401. The van der Waals surface area contributed by atoms with E-state index in [0.717, 1.165) is 4.86 Å². The van der Waals surface area contributed by atoms with E-state index in [-0.39, 0.29) is 0 Å². The van der Waals surface area contributed by atoms with E-state index in [1.165, 1.54) is 6.08 Å². The maximum atomic E-state index is 11.3. The van der Waals surface area contributed by atoms with Crippen molar-refractivity contribution in [2.24, 2.45) is 0 Å². The lowest BCUT2D eigenvalue weighted by molar-refractivity contribution is 0.155. The Kier molecular flexibility index (Phi) is 7.56. The maximum absolute atomic E-state index is 11.3. The molecule has 1 N–H and O–H groups in total. The Morgan fingerprint density at radius 3 is 3.00 bits per heavy atom. The molecule has 0 aliphatic carbocycles. The molecule has 0 aliphatic rings. The van der Waals surface area contributed by atoms with Crippen molar-refractivity contribution in [1.82, 2.24) is 5.32 Å². The quantitative estimate of drug-likeness (QED) is 0.376. The lowest BCUT2D eigenvalue weighted by Crippen LogP contribution is -2.19. The Hall–Kier alpha value is -0.320. The van der Waals surface area contributed by atoms with Crippen LogP contribution in [0.4, 0.5) is 4.39 Å². The van der Waals surface area contributed by atoms with Gasteiger partial charge in [0.1, 0.15) is 0 Å². The predicted octanol–water partition coefficient (Wildman–Crippen LogP) is 1.42. The molecule has 0 aromatic rings. The third-order valence-corrected chi connectivity index (χ3v) is 0.979. The third kappa shape index (κ3) is 9.68. The summed E-state index contributed by atoms with van der Waals surface area (Å²) in [6.07, 6.45) is 1.87. The van der Waals surface area contributed by atoms with Gasteiger partial charge in [-0.3, -0.25) is 5.32 Å². The minimum atomic E-state index is 0.401. The van der Waals surface area contributed by atoms with Gasteiger partial charge in [-0.25, -0.2) is 4.39 Å². The van der Waals surface area contributed by atoms with Gasteiger partial charge in [0.05, 0.1) is 19.7 Å². The number of hydrogen-bond acceptors (Lipinski definition) is 3. The maximum Gasteiger partial charge on any atom is 0.0972 e. The molecule has 0 atom stereocenters. The van der Waals surface area contributed by atoms with Crippen LogP contribution < -0.4 is 5.32 Å². The molecule has 0 saturated heterocycles. The molecule has 0 aromatic carbocycles. The van der Waals surface area contributed by atoms with E-state index in [1.807, 2.05) is 6.92 Å². The second kappa shape index (κ2) is 7.78. The van der Waals surface area contributed by atoms with Crippen molar-refractivity contribution < 1.29 is 9.13 Å². The van der Waals surface area contributed by atoms with Crippen molar-refractivity contribution >= 4 is 17.1 Å². The first-order chi connectivity index (χ1) is 5.27. The van der Waals surface area contributed by atoms with Crippen LogP contribution in [0.5, 0.6) is 0 Å². The van der Waals surface area contributed by atoms with Crippen LogP contribution in [-0.2, 0) is 4.74 Å². The molecule has 11 heavy (non-hydrogen) atoms. The third-order valence-electron chi connectivity index (χ3n) is 0.861. The number of halogens is 1. The second-order valence-electron chi connectivity index (χ2n) is 2.01. The molecule has 4 heteroatoms. The summed E-state index contributed by atoms with van der Waals surface area (Å²) in [7, 11) is 0. The van der Waals surface area contributed by atoms with Crippen molar-refractivity contribution in [3.63, 3.8) is 0 Å². The van der Waals surface area contributed by atoms with Crippen LogP contribution in [-0.4, -0.2) is 24.7 Å². The Labute approximate surface area is 71.4 Å². The van der Waals surface area contributed by atoms with Gasteiger partial charge in [0, 0.05) is 11.4 Å². The van der Waals surface area contributed by atoms with E-state index in [1.54, 1.807) is 0 Å². The van der Waals surface area contributed by atoms with Crippen LogP contribution in [0.15, 0.2) is 12.4 Å². The van der Waals surface area contributed by atoms with Crippen molar-refractivity contribution in [1.29, 1.82) is 0 Å². The van der Waals surface area contributed by atoms with Crippen LogP contribution in [0.25, 0.3) is 0 Å². The van der Waals surface area contributed by atoms with Crippen molar-refractivity contribution in [2.75, 3.05) is 19.9 Å². The SMILES string of the molecule is CC(=S)COCNC/C=C\F. The van der Waals surface area contributed by atoms with Gasteiger partial charge >= 0.3 is 0 Å². The second-order valence-corrected chi connectivity index (χ2v) is 2.71. The molecule has 0 aromatic heterocycles. The van der Waals surface area contributed by atoms with Gasteiger partial charge in [0.2, 0.25) is 0 Å². The number of thiocarbonyl (C=S) groups is 1. The van der Waals surface area contributed by atoms with E-state index in [4.69, 9.17) is 17.0 Å². The smallest absolute Gasteiger partial charge is 0.0972 e. The van der Waals surface area contributed by atoms with E-state index in [2.05, 4.69) is 5.32 Å². The van der Waals surface area contributed by atoms with Crippen LogP contribution >= 0.6 is 12.2 Å². The normalized spacial score (nSPS) is 10.7. The van der Waals surface area contributed by atoms with Gasteiger partial charge in [0.15, 0.2) is 0 Å². The topological polar surface area (TPSA) is 21.3 Å². The first-order valence-electron chi connectivity index (χ1n) is 3.30. The van der Waals surface area contributed by atoms with E-state index < -0.39 is 0 Å². The number of nitrogens with one attached hydrogen (secondary N) is 1. The van der Waals surface area contributed by atoms with Crippen LogP contribution in [0.3, 0.4) is 0 Å². The summed E-state index contributed by atoms with van der Waals surface area (Å²) in [5.74, 6) is 0. The fraction of sp³-hybridized carbons (Fsp3) is 0.571. The average Bonchev–Trinajstić information content (AvgIpc) is 1.96. The molecule has 0 radical (unpaired) electrons. The summed E-state index contributed by atoms with van der Waals surface area (Å²) in [5, 5.41) is 2.83. The molecule has 0 aliphatic heterocycles. The zero-order chi connectivity index (χ0) is 8.53. The van der Waals surface area contributed by atoms with Crippen LogP contribution in [0, 0.1) is 0 Å². The Balaban J connectivity index is 2.96. The zero-order valence-electron chi connectivity index (χ0n) is 6.47. The zero-order valence-corrected chi connectivity index (χ0v) is 7.29. The highest BCUT2D eigenvalue weighted by molar-refractivity contribution is 7.80. The lowest BCUT2D eigenvalue weighted by Gasteiger charge is -2.01. The molecule has 0 fully saturated rings. The summed E-state index contributed by atoms with van der Waals surface area (Å²) < 4.78 is 16.4. The highest BCUT2D eigenvalue weighted by atomic mass is 32.1. The first kappa shape index (κ1) is 10.7. The molecular weight excluding hydrogens is 165 g/mol. The highest BCUT2D eigenvalue weighted by Crippen LogP contribution is 1.77. The summed E-state index contributed by atoms with van der Waals surface area (Å²) in [6, 6.07) is 0. The van der Waals surface area contributed by atoms with Gasteiger partial charge in [0.25, 0.3) is 0 Å². The number of hydrogen-bond donors (Lipinski definition) is 1. The van der Waals surface area contributed by atoms with Gasteiger partial charge in [-0.1, -0.05) is 12.2 Å². The molecule has 0 unspecified atom stereocenters. The van der Waals surface area contributed by atoms with Crippen LogP contribution in [0.1, 0.15) is 6.92 Å². The molecule has 64 valence electrons. The molecule has 0 saturated carbocycles. The van der Waals surface area contributed by atoms with Crippen molar-refractivity contribution in [3.05, 3.63) is 12.4 Å². The fourth-order valence-corrected chi connectivity index (χ4v) is 0.537. The minimum Gasteiger partial charge on any atom is -0.361 e. The number of ether oxygens (including phenoxy) is 1. The molecule has 0 heterocycles. The van der Waals surface area contributed by atoms with E-state index in [9.17, 15) is 4.39 Å². The Morgan fingerprint density at radius 2 is 2.45 bits per heavy atom. The van der Waals surface area contributed by atoms with Gasteiger partial charge in [-0.2, -0.15) is 0 Å². The monoisotopic (exact) mass is 177 g/mol. The Bertz CT molecular complexity index is 138. The molecule has 0 amide bonds. The van der Waals surface area contributed by atoms with E-state index >= 15 is 0 Å². The summed E-state index contributed by atoms with van der Waals surface area (Å²) in [5.41, 5.74) is 0. The fourth-order valence-electron chi connectivity index (χ4n) is 0.454. The molecule has 0 spiro atoms. The number of rotatable bonds is 6. The van der Waals surface area contributed by atoms with E-state index in [0.29, 0.717) is 26.2 Å². The lowest BCUT2D eigenvalue weighted by atomic mass is 10.5. The van der Waals surface area contributed by atoms with Crippen molar-refractivity contribution in [3.8, 4) is 0 Å². The van der Waals surface area contributed by atoms with Crippen molar-refractivity contribution in [2.45, 2.75) is 6.92 Å². The molecular formula is C7H12FNOS. The molecule has 0 bridgehead atoms. The Morgan fingerprint density at radius 1 is 1.73 bits per heavy atom.